The average Bonchev–Trinajstić information content (AvgIpc) is 2.75. The van der Waals surface area contributed by atoms with Crippen molar-refractivity contribution in [1.82, 2.24) is 10.2 Å². The second-order valence-electron chi connectivity index (χ2n) is 7.32. The molecule has 0 atom stereocenters. The van der Waals surface area contributed by atoms with E-state index in [1.807, 2.05) is 29.2 Å². The summed E-state index contributed by atoms with van der Waals surface area (Å²) < 4.78 is 11.4. The van der Waals surface area contributed by atoms with E-state index < -0.39 is 0 Å². The molecule has 0 aromatic heterocycles. The average molecular weight is 431 g/mol. The maximum absolute atomic E-state index is 12.8. The summed E-state index contributed by atoms with van der Waals surface area (Å²) in [6.45, 7) is 3.41. The molecular formula is C23H27ClN2O4. The van der Waals surface area contributed by atoms with Gasteiger partial charge >= 0.3 is 0 Å². The summed E-state index contributed by atoms with van der Waals surface area (Å²) in [5, 5.41) is 3.64. The quantitative estimate of drug-likeness (QED) is 0.727. The van der Waals surface area contributed by atoms with Crippen LogP contribution in [0.3, 0.4) is 0 Å². The van der Waals surface area contributed by atoms with Crippen LogP contribution in [0.2, 0.25) is 5.02 Å². The van der Waals surface area contributed by atoms with Crippen molar-refractivity contribution in [1.29, 1.82) is 0 Å². The minimum Gasteiger partial charge on any atom is -0.497 e. The van der Waals surface area contributed by atoms with Crippen molar-refractivity contribution in [3.63, 3.8) is 0 Å². The Kier molecular flexibility index (Phi) is 7.57. The first-order valence-electron chi connectivity index (χ1n) is 10.1. The van der Waals surface area contributed by atoms with Crippen molar-refractivity contribution in [3.05, 3.63) is 58.6 Å². The highest BCUT2D eigenvalue weighted by molar-refractivity contribution is 6.30. The van der Waals surface area contributed by atoms with Gasteiger partial charge in [0.2, 0.25) is 5.91 Å². The van der Waals surface area contributed by atoms with E-state index in [2.05, 4.69) is 5.32 Å². The molecule has 1 saturated heterocycles. The smallest absolute Gasteiger partial charge is 0.255 e. The molecular weight excluding hydrogens is 404 g/mol. The zero-order valence-corrected chi connectivity index (χ0v) is 18.1. The van der Waals surface area contributed by atoms with E-state index in [4.69, 9.17) is 21.1 Å². The summed E-state index contributed by atoms with van der Waals surface area (Å²) in [5.41, 5.74) is 1.54. The molecule has 1 aliphatic heterocycles. The van der Waals surface area contributed by atoms with Gasteiger partial charge in [0, 0.05) is 44.4 Å². The first-order valence-corrected chi connectivity index (χ1v) is 10.5. The molecule has 160 valence electrons. The minimum atomic E-state index is -0.209. The van der Waals surface area contributed by atoms with Gasteiger partial charge in [-0.1, -0.05) is 23.7 Å². The van der Waals surface area contributed by atoms with Gasteiger partial charge < -0.3 is 19.7 Å². The minimum absolute atomic E-state index is 0.0328. The van der Waals surface area contributed by atoms with Crippen LogP contribution in [0, 0.1) is 0 Å². The SMILES string of the molecule is COc1ccc(OC2CCN(C(C)=O)CC2)c(C(=O)NCCc2ccc(Cl)cc2)c1. The Labute approximate surface area is 182 Å². The van der Waals surface area contributed by atoms with E-state index in [0.29, 0.717) is 48.1 Å². The molecule has 7 heteroatoms. The molecule has 0 bridgehead atoms. The third-order valence-electron chi connectivity index (χ3n) is 5.22. The molecule has 2 amide bonds. The van der Waals surface area contributed by atoms with Crippen LogP contribution in [0.4, 0.5) is 0 Å². The van der Waals surface area contributed by atoms with E-state index in [1.54, 1.807) is 32.2 Å². The lowest BCUT2D eigenvalue weighted by Gasteiger charge is -2.31. The highest BCUT2D eigenvalue weighted by atomic mass is 35.5. The molecule has 2 aromatic carbocycles. The number of methoxy groups -OCH3 is 1. The number of carbonyl (C=O) groups is 2. The van der Waals surface area contributed by atoms with Crippen molar-refractivity contribution < 1.29 is 19.1 Å². The number of amides is 2. The molecule has 30 heavy (non-hydrogen) atoms. The van der Waals surface area contributed by atoms with Crippen LogP contribution in [-0.2, 0) is 11.2 Å². The Morgan fingerprint density at radius 3 is 2.47 bits per heavy atom. The second-order valence-corrected chi connectivity index (χ2v) is 7.75. The Morgan fingerprint density at radius 2 is 1.83 bits per heavy atom. The normalized spacial score (nSPS) is 14.3. The van der Waals surface area contributed by atoms with Crippen LogP contribution in [0.25, 0.3) is 0 Å². The monoisotopic (exact) mass is 430 g/mol. The summed E-state index contributed by atoms with van der Waals surface area (Å²) in [4.78, 5) is 26.2. The van der Waals surface area contributed by atoms with E-state index in [9.17, 15) is 9.59 Å². The molecule has 0 spiro atoms. The van der Waals surface area contributed by atoms with Gasteiger partial charge in [-0.3, -0.25) is 9.59 Å². The predicted molar refractivity (Wildman–Crippen MR) is 116 cm³/mol. The number of likely N-dealkylation sites (tertiary alicyclic amines) is 1. The lowest BCUT2D eigenvalue weighted by Crippen LogP contribution is -2.40. The number of hydrogen-bond acceptors (Lipinski definition) is 4. The summed E-state index contributed by atoms with van der Waals surface area (Å²) in [6, 6.07) is 12.8. The predicted octanol–water partition coefficient (Wildman–Crippen LogP) is 3.71. The number of ether oxygens (including phenoxy) is 2. The van der Waals surface area contributed by atoms with Crippen LogP contribution >= 0.6 is 11.6 Å². The molecule has 1 N–H and O–H groups in total. The van der Waals surface area contributed by atoms with Gasteiger partial charge in [-0.2, -0.15) is 0 Å². The highest BCUT2D eigenvalue weighted by Crippen LogP contribution is 2.27. The van der Waals surface area contributed by atoms with Gasteiger partial charge in [-0.15, -0.1) is 0 Å². The van der Waals surface area contributed by atoms with Crippen molar-refractivity contribution in [2.45, 2.75) is 32.3 Å². The second kappa shape index (κ2) is 10.3. The fourth-order valence-electron chi connectivity index (χ4n) is 3.45. The van der Waals surface area contributed by atoms with E-state index in [-0.39, 0.29) is 17.9 Å². The molecule has 0 aliphatic carbocycles. The fraction of sp³-hybridized carbons (Fsp3) is 0.391. The van der Waals surface area contributed by atoms with Gasteiger partial charge in [-0.05, 0) is 42.3 Å². The van der Waals surface area contributed by atoms with Crippen LogP contribution in [0.5, 0.6) is 11.5 Å². The lowest BCUT2D eigenvalue weighted by atomic mass is 10.1. The molecule has 0 saturated carbocycles. The number of piperidine rings is 1. The molecule has 0 unspecified atom stereocenters. The maximum atomic E-state index is 12.8. The van der Waals surface area contributed by atoms with E-state index in [1.165, 1.54) is 0 Å². The van der Waals surface area contributed by atoms with Gasteiger partial charge in [0.1, 0.15) is 17.6 Å². The third kappa shape index (κ3) is 5.89. The standard InChI is InChI=1S/C23H27ClN2O4/c1-16(27)26-13-10-19(11-14-26)30-22-8-7-20(29-2)15-21(22)23(28)25-12-9-17-3-5-18(24)6-4-17/h3-8,15,19H,9-14H2,1-2H3,(H,25,28). The van der Waals surface area contributed by atoms with Crippen LogP contribution in [0.15, 0.2) is 42.5 Å². The topological polar surface area (TPSA) is 67.9 Å². The summed E-state index contributed by atoms with van der Waals surface area (Å²) in [6.07, 6.45) is 2.15. The van der Waals surface area contributed by atoms with Crippen molar-refractivity contribution >= 4 is 23.4 Å². The number of rotatable bonds is 7. The van der Waals surface area contributed by atoms with Crippen LogP contribution < -0.4 is 14.8 Å². The number of halogens is 1. The van der Waals surface area contributed by atoms with Crippen molar-refractivity contribution in [2.75, 3.05) is 26.7 Å². The Hall–Kier alpha value is -2.73. The molecule has 1 aliphatic rings. The first kappa shape index (κ1) is 22.0. The van der Waals surface area contributed by atoms with Gasteiger partial charge in [-0.25, -0.2) is 0 Å². The van der Waals surface area contributed by atoms with E-state index in [0.717, 1.165) is 18.4 Å². The van der Waals surface area contributed by atoms with E-state index >= 15 is 0 Å². The molecule has 3 rings (SSSR count). The lowest BCUT2D eigenvalue weighted by molar-refractivity contribution is -0.130. The Bertz CT molecular complexity index is 877. The van der Waals surface area contributed by atoms with Gasteiger partial charge in [0.15, 0.2) is 0 Å². The number of carbonyl (C=O) groups excluding carboxylic acids is 2. The zero-order chi connectivity index (χ0) is 21.5. The molecule has 1 fully saturated rings. The Morgan fingerprint density at radius 1 is 1.13 bits per heavy atom. The summed E-state index contributed by atoms with van der Waals surface area (Å²) >= 11 is 5.91. The Balaban J connectivity index is 1.63. The molecule has 0 radical (unpaired) electrons. The first-order chi connectivity index (χ1) is 14.5. The van der Waals surface area contributed by atoms with Crippen LogP contribution in [0.1, 0.15) is 35.7 Å². The number of hydrogen-bond donors (Lipinski definition) is 1. The van der Waals surface area contributed by atoms with Gasteiger partial charge in [0.05, 0.1) is 12.7 Å². The van der Waals surface area contributed by atoms with Gasteiger partial charge in [0.25, 0.3) is 5.91 Å². The fourth-order valence-corrected chi connectivity index (χ4v) is 3.58. The highest BCUT2D eigenvalue weighted by Gasteiger charge is 2.24. The summed E-state index contributed by atoms with van der Waals surface area (Å²) in [5.74, 6) is 0.996. The zero-order valence-electron chi connectivity index (χ0n) is 17.3. The number of benzene rings is 2. The molecule has 6 nitrogen and oxygen atoms in total. The van der Waals surface area contributed by atoms with Crippen molar-refractivity contribution in [2.24, 2.45) is 0 Å². The molecule has 1 heterocycles. The number of nitrogens with one attached hydrogen (secondary N) is 1. The third-order valence-corrected chi connectivity index (χ3v) is 5.48. The summed E-state index contributed by atoms with van der Waals surface area (Å²) in [7, 11) is 1.57. The largest absolute Gasteiger partial charge is 0.497 e. The maximum Gasteiger partial charge on any atom is 0.255 e. The number of nitrogens with zero attached hydrogens (tertiary/aromatic N) is 1. The van der Waals surface area contributed by atoms with Crippen molar-refractivity contribution in [3.8, 4) is 11.5 Å². The molecule has 2 aromatic rings. The van der Waals surface area contributed by atoms with Crippen LogP contribution in [-0.4, -0.2) is 49.6 Å².